The molecule has 0 heterocycles. The number of hydrogen-bond donors (Lipinski definition) is 2. The number of carbonyl (C=O) groups excluding carboxylic acids is 2. The van der Waals surface area contributed by atoms with Gasteiger partial charge in [-0.25, -0.2) is 0 Å². The van der Waals surface area contributed by atoms with E-state index in [9.17, 15) is 9.59 Å². The van der Waals surface area contributed by atoms with E-state index in [1.54, 1.807) is 43.3 Å². The number of nitrogens with two attached hydrogens (primary N) is 1. The Bertz CT molecular complexity index is 783. The van der Waals surface area contributed by atoms with Crippen LogP contribution in [0.1, 0.15) is 6.92 Å². The third-order valence-electron chi connectivity index (χ3n) is 3.05. The van der Waals surface area contributed by atoms with Crippen molar-refractivity contribution >= 4 is 40.7 Å². The lowest BCUT2D eigenvalue weighted by atomic mass is 10.2. The lowest BCUT2D eigenvalue weighted by Gasteiger charge is -2.16. The molecule has 0 fully saturated rings. The highest BCUT2D eigenvalue weighted by Crippen LogP contribution is 2.28. The van der Waals surface area contributed by atoms with Crippen LogP contribution in [0.25, 0.3) is 0 Å². The molecule has 25 heavy (non-hydrogen) atoms. The summed E-state index contributed by atoms with van der Waals surface area (Å²) in [4.78, 5) is 23.0. The molecule has 2 rings (SSSR count). The van der Waals surface area contributed by atoms with Crippen LogP contribution in [0, 0.1) is 0 Å². The maximum Gasteiger partial charge on any atom is 0.265 e. The molecule has 3 N–H and O–H groups in total. The van der Waals surface area contributed by atoms with E-state index < -0.39 is 12.0 Å². The van der Waals surface area contributed by atoms with Gasteiger partial charge in [0.2, 0.25) is 0 Å². The first kappa shape index (κ1) is 18.9. The Kier molecular flexibility index (Phi) is 6.50. The number of nitrogens with one attached hydrogen (secondary N) is 1. The second-order valence-electron chi connectivity index (χ2n) is 5.11. The minimum Gasteiger partial charge on any atom is -0.484 e. The number of primary amides is 1. The Hall–Kier alpha value is -2.44. The van der Waals surface area contributed by atoms with Gasteiger partial charge in [0, 0.05) is 16.8 Å². The van der Waals surface area contributed by atoms with Crippen molar-refractivity contribution in [3.63, 3.8) is 0 Å². The van der Waals surface area contributed by atoms with Crippen molar-refractivity contribution in [2.45, 2.75) is 13.0 Å². The molecule has 2 aromatic carbocycles. The SMILES string of the molecule is C[C@H](Oc1ccc(Cl)cc1Cl)C(=O)Nc1cccc(OCC(N)=O)c1. The molecule has 0 aliphatic rings. The lowest BCUT2D eigenvalue weighted by Crippen LogP contribution is -2.30. The van der Waals surface area contributed by atoms with Gasteiger partial charge < -0.3 is 20.5 Å². The number of rotatable bonds is 7. The van der Waals surface area contributed by atoms with Crippen LogP contribution in [0.15, 0.2) is 42.5 Å². The van der Waals surface area contributed by atoms with Crippen LogP contribution in [0.5, 0.6) is 11.5 Å². The summed E-state index contributed by atoms with van der Waals surface area (Å²) in [5.41, 5.74) is 5.51. The Labute approximate surface area is 154 Å². The normalized spacial score (nSPS) is 11.5. The van der Waals surface area contributed by atoms with Crippen molar-refractivity contribution < 1.29 is 19.1 Å². The summed E-state index contributed by atoms with van der Waals surface area (Å²) in [5, 5.41) is 3.48. The summed E-state index contributed by atoms with van der Waals surface area (Å²) < 4.78 is 10.7. The fourth-order valence-corrected chi connectivity index (χ4v) is 2.33. The molecule has 132 valence electrons. The number of amides is 2. The molecular weight excluding hydrogens is 367 g/mol. The molecular formula is C17H16Cl2N2O4. The van der Waals surface area contributed by atoms with E-state index in [0.29, 0.717) is 27.2 Å². The first-order valence-electron chi connectivity index (χ1n) is 7.29. The van der Waals surface area contributed by atoms with Crippen molar-refractivity contribution in [2.75, 3.05) is 11.9 Å². The van der Waals surface area contributed by atoms with Crippen LogP contribution in [0.2, 0.25) is 10.0 Å². The summed E-state index contributed by atoms with van der Waals surface area (Å²) in [6.07, 6.45) is -0.797. The van der Waals surface area contributed by atoms with E-state index in [4.69, 9.17) is 38.4 Å². The summed E-state index contributed by atoms with van der Waals surface area (Å²) in [5.74, 6) is -0.201. The van der Waals surface area contributed by atoms with Crippen molar-refractivity contribution in [3.05, 3.63) is 52.5 Å². The van der Waals surface area contributed by atoms with Gasteiger partial charge in [-0.3, -0.25) is 9.59 Å². The van der Waals surface area contributed by atoms with E-state index in [2.05, 4.69) is 5.32 Å². The van der Waals surface area contributed by atoms with Crippen LogP contribution in [0.3, 0.4) is 0 Å². The van der Waals surface area contributed by atoms with Crippen molar-refractivity contribution in [2.24, 2.45) is 5.73 Å². The molecule has 0 radical (unpaired) electrons. The Morgan fingerprint density at radius 2 is 1.96 bits per heavy atom. The highest BCUT2D eigenvalue weighted by Gasteiger charge is 2.16. The second-order valence-corrected chi connectivity index (χ2v) is 5.95. The minimum absolute atomic E-state index is 0.244. The number of halogens is 2. The van der Waals surface area contributed by atoms with E-state index in [1.165, 1.54) is 6.07 Å². The maximum absolute atomic E-state index is 12.3. The monoisotopic (exact) mass is 382 g/mol. The van der Waals surface area contributed by atoms with Crippen LogP contribution < -0.4 is 20.5 Å². The molecule has 6 nitrogen and oxygen atoms in total. The molecule has 0 saturated carbocycles. The first-order chi connectivity index (χ1) is 11.8. The number of benzene rings is 2. The zero-order valence-electron chi connectivity index (χ0n) is 13.3. The average molecular weight is 383 g/mol. The summed E-state index contributed by atoms with van der Waals surface area (Å²) >= 11 is 11.8. The smallest absolute Gasteiger partial charge is 0.265 e. The van der Waals surface area contributed by atoms with E-state index in [0.717, 1.165) is 0 Å². The minimum atomic E-state index is -0.797. The standard InChI is InChI=1S/C17H16Cl2N2O4/c1-10(25-15-6-5-11(18)7-14(15)19)17(23)21-12-3-2-4-13(8-12)24-9-16(20)22/h2-8,10H,9H2,1H3,(H2,20,22)(H,21,23)/t10-/m0/s1. The van der Waals surface area contributed by atoms with Crippen molar-refractivity contribution in [1.29, 1.82) is 0 Å². The largest absolute Gasteiger partial charge is 0.484 e. The molecule has 8 heteroatoms. The van der Waals surface area contributed by atoms with Crippen LogP contribution in [0.4, 0.5) is 5.69 Å². The molecule has 1 atom stereocenters. The predicted octanol–water partition coefficient (Wildman–Crippen LogP) is 3.26. The summed E-state index contributed by atoms with van der Waals surface area (Å²) in [7, 11) is 0. The zero-order chi connectivity index (χ0) is 18.4. The van der Waals surface area contributed by atoms with Gasteiger partial charge in [0.15, 0.2) is 12.7 Å². The molecule has 2 aromatic rings. The van der Waals surface area contributed by atoms with Gasteiger partial charge in [-0.1, -0.05) is 29.3 Å². The highest BCUT2D eigenvalue weighted by atomic mass is 35.5. The van der Waals surface area contributed by atoms with Crippen LogP contribution in [-0.4, -0.2) is 24.5 Å². The van der Waals surface area contributed by atoms with Gasteiger partial charge in [0.1, 0.15) is 11.5 Å². The van der Waals surface area contributed by atoms with Gasteiger partial charge in [-0.15, -0.1) is 0 Å². The van der Waals surface area contributed by atoms with Gasteiger partial charge in [0.05, 0.1) is 5.02 Å². The van der Waals surface area contributed by atoms with Gasteiger partial charge in [-0.05, 0) is 37.3 Å². The Balaban J connectivity index is 1.98. The molecule has 0 spiro atoms. The fourth-order valence-electron chi connectivity index (χ4n) is 1.88. The lowest BCUT2D eigenvalue weighted by molar-refractivity contribution is -0.122. The van der Waals surface area contributed by atoms with Gasteiger partial charge in [-0.2, -0.15) is 0 Å². The second kappa shape index (κ2) is 8.60. The van der Waals surface area contributed by atoms with E-state index in [1.807, 2.05) is 0 Å². The molecule has 0 aromatic heterocycles. The predicted molar refractivity (Wildman–Crippen MR) is 96.3 cm³/mol. The highest BCUT2D eigenvalue weighted by molar-refractivity contribution is 6.35. The summed E-state index contributed by atoms with van der Waals surface area (Å²) in [6, 6.07) is 11.3. The molecule has 0 saturated heterocycles. The molecule has 2 amide bonds. The summed E-state index contributed by atoms with van der Waals surface area (Å²) in [6.45, 7) is 1.35. The zero-order valence-corrected chi connectivity index (χ0v) is 14.8. The maximum atomic E-state index is 12.3. The Morgan fingerprint density at radius 3 is 2.64 bits per heavy atom. The third-order valence-corrected chi connectivity index (χ3v) is 3.58. The van der Waals surface area contributed by atoms with E-state index in [-0.39, 0.29) is 12.5 Å². The third kappa shape index (κ3) is 5.85. The molecule has 0 aliphatic carbocycles. The first-order valence-corrected chi connectivity index (χ1v) is 8.04. The van der Waals surface area contributed by atoms with Gasteiger partial charge >= 0.3 is 0 Å². The van der Waals surface area contributed by atoms with Gasteiger partial charge in [0.25, 0.3) is 11.8 Å². The number of carbonyl (C=O) groups is 2. The van der Waals surface area contributed by atoms with Crippen LogP contribution in [-0.2, 0) is 9.59 Å². The molecule has 0 bridgehead atoms. The van der Waals surface area contributed by atoms with Crippen molar-refractivity contribution in [3.8, 4) is 11.5 Å². The fraction of sp³-hybridized carbons (Fsp3) is 0.176. The quantitative estimate of drug-likeness (QED) is 0.768. The van der Waals surface area contributed by atoms with Crippen LogP contribution >= 0.6 is 23.2 Å². The number of hydrogen-bond acceptors (Lipinski definition) is 4. The molecule has 0 unspecified atom stereocenters. The van der Waals surface area contributed by atoms with Crippen molar-refractivity contribution in [1.82, 2.24) is 0 Å². The number of ether oxygens (including phenoxy) is 2. The van der Waals surface area contributed by atoms with E-state index >= 15 is 0 Å². The molecule has 0 aliphatic heterocycles. The number of anilines is 1. The average Bonchev–Trinajstić information content (AvgIpc) is 2.55. The Morgan fingerprint density at radius 1 is 1.20 bits per heavy atom. The topological polar surface area (TPSA) is 90.7 Å².